The van der Waals surface area contributed by atoms with E-state index >= 15 is 0 Å². The Morgan fingerprint density at radius 1 is 1.04 bits per heavy atom. The van der Waals surface area contributed by atoms with Crippen LogP contribution in [0.5, 0.6) is 0 Å². The summed E-state index contributed by atoms with van der Waals surface area (Å²) in [6.07, 6.45) is 1.69. The quantitative estimate of drug-likeness (QED) is 0.599. The van der Waals surface area contributed by atoms with E-state index in [-0.39, 0.29) is 18.1 Å². The van der Waals surface area contributed by atoms with Crippen molar-refractivity contribution in [2.24, 2.45) is 0 Å². The lowest BCUT2D eigenvalue weighted by atomic mass is 10.0. The summed E-state index contributed by atoms with van der Waals surface area (Å²) in [5.41, 5.74) is 3.79. The molecule has 1 amide bonds. The lowest BCUT2D eigenvalue weighted by molar-refractivity contribution is -0.384. The van der Waals surface area contributed by atoms with Gasteiger partial charge in [0.15, 0.2) is 0 Å². The molecule has 0 saturated heterocycles. The first-order valence-electron chi connectivity index (χ1n) is 7.94. The number of amides is 1. The second kappa shape index (κ2) is 8.10. The van der Waals surface area contributed by atoms with Crippen LogP contribution in [0.15, 0.2) is 42.5 Å². The van der Waals surface area contributed by atoms with E-state index in [1.807, 2.05) is 18.2 Å². The third-order valence-electron chi connectivity index (χ3n) is 3.79. The Morgan fingerprint density at radius 2 is 1.62 bits per heavy atom. The van der Waals surface area contributed by atoms with Gasteiger partial charge in [-0.05, 0) is 36.1 Å². The molecule has 0 heterocycles. The van der Waals surface area contributed by atoms with Gasteiger partial charge in [-0.1, -0.05) is 32.0 Å². The predicted molar refractivity (Wildman–Crippen MR) is 95.4 cm³/mol. The van der Waals surface area contributed by atoms with Crippen molar-refractivity contribution in [3.63, 3.8) is 0 Å². The highest BCUT2D eigenvalue weighted by Crippen LogP contribution is 2.22. The van der Waals surface area contributed by atoms with Gasteiger partial charge in [-0.15, -0.1) is 0 Å². The zero-order valence-corrected chi connectivity index (χ0v) is 13.8. The lowest BCUT2D eigenvalue weighted by Gasteiger charge is -2.15. The Kier molecular flexibility index (Phi) is 5.89. The number of rotatable bonds is 7. The number of hydrogen-bond acceptors (Lipinski definition) is 4. The summed E-state index contributed by atoms with van der Waals surface area (Å²) in [6, 6.07) is 12.0. The van der Waals surface area contributed by atoms with Gasteiger partial charge >= 0.3 is 0 Å². The number of benzene rings is 2. The number of nitro groups is 1. The van der Waals surface area contributed by atoms with E-state index in [1.165, 1.54) is 12.1 Å². The summed E-state index contributed by atoms with van der Waals surface area (Å²) in [5.74, 6) is -0.149. The third kappa shape index (κ3) is 4.32. The minimum Gasteiger partial charge on any atom is -0.376 e. The fraction of sp³-hybridized carbons (Fsp3) is 0.278. The first-order chi connectivity index (χ1) is 11.5. The number of nitrogens with zero attached hydrogens (tertiary/aromatic N) is 1. The molecule has 0 aliphatic heterocycles. The molecular weight excluding hydrogens is 306 g/mol. The molecule has 0 aliphatic rings. The molecule has 2 N–H and O–H groups in total. The highest BCUT2D eigenvalue weighted by Gasteiger charge is 2.10. The smallest absolute Gasteiger partial charge is 0.269 e. The van der Waals surface area contributed by atoms with Crippen LogP contribution < -0.4 is 10.6 Å². The van der Waals surface area contributed by atoms with E-state index in [0.29, 0.717) is 5.69 Å². The number of carbonyl (C=O) groups excluding carboxylic acids is 1. The Hall–Kier alpha value is -2.89. The van der Waals surface area contributed by atoms with Crippen LogP contribution in [-0.4, -0.2) is 17.4 Å². The first kappa shape index (κ1) is 17.5. The first-order valence-corrected chi connectivity index (χ1v) is 7.94. The van der Waals surface area contributed by atoms with Crippen LogP contribution in [0.4, 0.5) is 17.1 Å². The minimum absolute atomic E-state index is 0.0227. The molecule has 0 unspecified atom stereocenters. The van der Waals surface area contributed by atoms with E-state index in [2.05, 4.69) is 24.5 Å². The maximum atomic E-state index is 12.2. The van der Waals surface area contributed by atoms with Crippen LogP contribution in [0, 0.1) is 10.1 Å². The molecule has 24 heavy (non-hydrogen) atoms. The van der Waals surface area contributed by atoms with Gasteiger partial charge in [0.2, 0.25) is 5.91 Å². The summed E-state index contributed by atoms with van der Waals surface area (Å²) in [4.78, 5) is 22.4. The molecule has 0 radical (unpaired) electrons. The molecule has 0 spiro atoms. The number of nitrogens with one attached hydrogen (secondary N) is 2. The Balaban J connectivity index is 2.00. The number of aryl methyl sites for hydroxylation is 2. The average Bonchev–Trinajstić information content (AvgIpc) is 2.60. The van der Waals surface area contributed by atoms with Gasteiger partial charge in [0.25, 0.3) is 5.69 Å². The average molecular weight is 327 g/mol. The fourth-order valence-electron chi connectivity index (χ4n) is 2.47. The molecule has 126 valence electrons. The number of carbonyl (C=O) groups is 1. The van der Waals surface area contributed by atoms with E-state index < -0.39 is 4.92 Å². The molecule has 2 aromatic rings. The predicted octanol–water partition coefficient (Wildman–Crippen LogP) is 3.77. The molecule has 0 fully saturated rings. The van der Waals surface area contributed by atoms with Crippen LogP contribution in [-0.2, 0) is 17.6 Å². The van der Waals surface area contributed by atoms with Gasteiger partial charge in [0, 0.05) is 23.5 Å². The topological polar surface area (TPSA) is 84.3 Å². The number of non-ortho nitro benzene ring substituents is 1. The van der Waals surface area contributed by atoms with Crippen molar-refractivity contribution in [3.05, 3.63) is 63.7 Å². The molecular formula is C18H21N3O3. The molecule has 0 saturated carbocycles. The van der Waals surface area contributed by atoms with Crippen molar-refractivity contribution in [2.45, 2.75) is 26.7 Å². The molecule has 0 bridgehead atoms. The fourth-order valence-corrected chi connectivity index (χ4v) is 2.47. The van der Waals surface area contributed by atoms with Crippen LogP contribution in [0.3, 0.4) is 0 Å². The normalized spacial score (nSPS) is 10.2. The van der Waals surface area contributed by atoms with Gasteiger partial charge in [-0.25, -0.2) is 0 Å². The maximum Gasteiger partial charge on any atom is 0.269 e. The van der Waals surface area contributed by atoms with Crippen molar-refractivity contribution < 1.29 is 9.72 Å². The van der Waals surface area contributed by atoms with E-state index in [9.17, 15) is 14.9 Å². The van der Waals surface area contributed by atoms with Crippen molar-refractivity contribution in [3.8, 4) is 0 Å². The Morgan fingerprint density at radius 3 is 2.12 bits per heavy atom. The zero-order chi connectivity index (χ0) is 17.5. The largest absolute Gasteiger partial charge is 0.376 e. The molecule has 6 nitrogen and oxygen atoms in total. The summed E-state index contributed by atoms with van der Waals surface area (Å²) in [6.45, 7) is 4.21. The molecule has 0 aromatic heterocycles. The second-order valence-corrected chi connectivity index (χ2v) is 5.36. The SMILES string of the molecule is CCc1cccc(CC)c1NC(=O)CNc1ccc([N+](=O)[O-])cc1. The van der Waals surface area contributed by atoms with Crippen molar-refractivity contribution in [2.75, 3.05) is 17.2 Å². The highest BCUT2D eigenvalue weighted by atomic mass is 16.6. The van der Waals surface area contributed by atoms with Gasteiger partial charge in [-0.2, -0.15) is 0 Å². The van der Waals surface area contributed by atoms with E-state index in [0.717, 1.165) is 29.7 Å². The van der Waals surface area contributed by atoms with Crippen molar-refractivity contribution >= 4 is 23.0 Å². The number of hydrogen-bond donors (Lipinski definition) is 2. The second-order valence-electron chi connectivity index (χ2n) is 5.36. The summed E-state index contributed by atoms with van der Waals surface area (Å²) < 4.78 is 0. The Labute approximate surface area is 141 Å². The molecule has 2 rings (SSSR count). The van der Waals surface area contributed by atoms with Crippen molar-refractivity contribution in [1.82, 2.24) is 0 Å². The number of anilines is 2. The van der Waals surface area contributed by atoms with Gasteiger partial charge in [0.05, 0.1) is 11.5 Å². The lowest BCUT2D eigenvalue weighted by Crippen LogP contribution is -2.23. The Bertz CT molecular complexity index is 705. The molecule has 2 aromatic carbocycles. The van der Waals surface area contributed by atoms with Gasteiger partial charge in [0.1, 0.15) is 0 Å². The number of para-hydroxylation sites is 1. The molecule has 0 aliphatic carbocycles. The minimum atomic E-state index is -0.454. The molecule has 6 heteroatoms. The third-order valence-corrected chi connectivity index (χ3v) is 3.79. The van der Waals surface area contributed by atoms with Crippen molar-refractivity contribution in [1.29, 1.82) is 0 Å². The van der Waals surface area contributed by atoms with Crippen LogP contribution in [0.2, 0.25) is 0 Å². The van der Waals surface area contributed by atoms with Crippen LogP contribution in [0.1, 0.15) is 25.0 Å². The van der Waals surface area contributed by atoms with Gasteiger partial charge in [-0.3, -0.25) is 14.9 Å². The monoisotopic (exact) mass is 327 g/mol. The van der Waals surface area contributed by atoms with Crippen LogP contribution in [0.25, 0.3) is 0 Å². The standard InChI is InChI=1S/C18H21N3O3/c1-3-13-6-5-7-14(4-2)18(13)20-17(22)12-19-15-8-10-16(11-9-15)21(23)24/h5-11,19H,3-4,12H2,1-2H3,(H,20,22). The summed E-state index contributed by atoms with van der Waals surface area (Å²) in [7, 11) is 0. The van der Waals surface area contributed by atoms with Gasteiger partial charge < -0.3 is 10.6 Å². The van der Waals surface area contributed by atoms with E-state index in [4.69, 9.17) is 0 Å². The zero-order valence-electron chi connectivity index (χ0n) is 13.8. The number of nitro benzene ring substituents is 1. The summed E-state index contributed by atoms with van der Waals surface area (Å²) in [5, 5.41) is 16.6. The van der Waals surface area contributed by atoms with Crippen LogP contribution >= 0.6 is 0 Å². The highest BCUT2D eigenvalue weighted by molar-refractivity contribution is 5.95. The summed E-state index contributed by atoms with van der Waals surface area (Å²) >= 11 is 0. The molecule has 0 atom stereocenters. The van der Waals surface area contributed by atoms with E-state index in [1.54, 1.807) is 12.1 Å². The maximum absolute atomic E-state index is 12.2.